The Bertz CT molecular complexity index is 1060. The largest absolute Gasteiger partial charge is 0.486 e. The standard InChI is InChI=1S/C22H19N3O4/c1-14(26)15-2-4-17(5-3-15)24-21-12-16(8-9-23-21)22(27)25-18-6-7-19-20(13-18)29-11-10-28-19/h2-9,12-13H,10-11H2,1H3,(H,23,24)(H,25,27). The maximum Gasteiger partial charge on any atom is 0.255 e. The number of carbonyl (C=O) groups is 2. The van der Waals surface area contributed by atoms with Crippen LogP contribution in [0.4, 0.5) is 17.2 Å². The monoisotopic (exact) mass is 389 g/mol. The molecule has 29 heavy (non-hydrogen) atoms. The number of ketones is 1. The topological polar surface area (TPSA) is 89.6 Å². The van der Waals surface area contributed by atoms with Crippen LogP contribution < -0.4 is 20.1 Å². The molecule has 0 saturated heterocycles. The van der Waals surface area contributed by atoms with E-state index >= 15 is 0 Å². The summed E-state index contributed by atoms with van der Waals surface area (Å²) in [5, 5.41) is 5.98. The molecular weight excluding hydrogens is 370 g/mol. The van der Waals surface area contributed by atoms with Gasteiger partial charge < -0.3 is 20.1 Å². The molecule has 1 amide bonds. The van der Waals surface area contributed by atoms with Gasteiger partial charge in [0.2, 0.25) is 0 Å². The molecule has 0 unspecified atom stereocenters. The Morgan fingerprint density at radius 3 is 2.34 bits per heavy atom. The number of fused-ring (bicyclic) bond motifs is 1. The van der Waals surface area contributed by atoms with Crippen molar-refractivity contribution in [3.05, 3.63) is 71.9 Å². The highest BCUT2D eigenvalue weighted by Crippen LogP contribution is 2.32. The van der Waals surface area contributed by atoms with Crippen molar-refractivity contribution < 1.29 is 19.1 Å². The van der Waals surface area contributed by atoms with Crippen molar-refractivity contribution in [2.45, 2.75) is 6.92 Å². The molecule has 0 atom stereocenters. The highest BCUT2D eigenvalue weighted by molar-refractivity contribution is 6.04. The Morgan fingerprint density at radius 2 is 1.59 bits per heavy atom. The Balaban J connectivity index is 1.46. The normalized spacial score (nSPS) is 12.2. The number of hydrogen-bond donors (Lipinski definition) is 2. The molecule has 2 heterocycles. The Morgan fingerprint density at radius 1 is 0.862 bits per heavy atom. The molecule has 0 radical (unpaired) electrons. The van der Waals surface area contributed by atoms with E-state index in [2.05, 4.69) is 15.6 Å². The number of aromatic nitrogens is 1. The molecular formula is C22H19N3O4. The second kappa shape index (κ2) is 8.02. The van der Waals surface area contributed by atoms with E-state index in [1.807, 2.05) is 0 Å². The first-order chi connectivity index (χ1) is 14.1. The predicted molar refractivity (Wildman–Crippen MR) is 109 cm³/mol. The van der Waals surface area contributed by atoms with Gasteiger partial charge in [-0.05, 0) is 55.5 Å². The molecule has 1 aliphatic rings. The fraction of sp³-hybridized carbons (Fsp3) is 0.136. The van der Waals surface area contributed by atoms with Crippen LogP contribution in [-0.4, -0.2) is 29.9 Å². The van der Waals surface area contributed by atoms with Crippen molar-refractivity contribution >= 4 is 28.9 Å². The van der Waals surface area contributed by atoms with E-state index < -0.39 is 0 Å². The second-order valence-corrected chi connectivity index (χ2v) is 6.50. The number of anilines is 3. The summed E-state index contributed by atoms with van der Waals surface area (Å²) in [5.74, 6) is 1.54. The Labute approximate surface area is 167 Å². The van der Waals surface area contributed by atoms with Crippen LogP contribution in [0.2, 0.25) is 0 Å². The van der Waals surface area contributed by atoms with Crippen molar-refractivity contribution in [3.63, 3.8) is 0 Å². The van der Waals surface area contributed by atoms with Gasteiger partial charge in [-0.15, -0.1) is 0 Å². The van der Waals surface area contributed by atoms with Crippen LogP contribution in [-0.2, 0) is 0 Å². The minimum atomic E-state index is -0.265. The number of nitrogens with zero attached hydrogens (tertiary/aromatic N) is 1. The Kier molecular flexibility index (Phi) is 5.11. The molecule has 3 aromatic rings. The smallest absolute Gasteiger partial charge is 0.255 e. The van der Waals surface area contributed by atoms with Gasteiger partial charge in [0.05, 0.1) is 0 Å². The van der Waals surface area contributed by atoms with Crippen molar-refractivity contribution in [3.8, 4) is 11.5 Å². The molecule has 2 N–H and O–H groups in total. The lowest BCUT2D eigenvalue weighted by Gasteiger charge is -2.19. The van der Waals surface area contributed by atoms with E-state index in [-0.39, 0.29) is 11.7 Å². The van der Waals surface area contributed by atoms with Crippen molar-refractivity contribution in [1.29, 1.82) is 0 Å². The number of rotatable bonds is 5. The Hall–Kier alpha value is -3.87. The molecule has 1 aliphatic heterocycles. The number of hydrogen-bond acceptors (Lipinski definition) is 6. The van der Waals surface area contributed by atoms with E-state index in [9.17, 15) is 9.59 Å². The third kappa shape index (κ3) is 4.35. The van der Waals surface area contributed by atoms with Gasteiger partial charge in [-0.1, -0.05) is 0 Å². The van der Waals surface area contributed by atoms with Crippen LogP contribution in [0.15, 0.2) is 60.8 Å². The summed E-state index contributed by atoms with van der Waals surface area (Å²) in [4.78, 5) is 28.2. The first-order valence-corrected chi connectivity index (χ1v) is 9.13. The van der Waals surface area contributed by atoms with Gasteiger partial charge in [-0.25, -0.2) is 4.98 Å². The number of nitrogens with one attached hydrogen (secondary N) is 2. The van der Waals surface area contributed by atoms with E-state index in [0.29, 0.717) is 47.3 Å². The number of ether oxygens (including phenoxy) is 2. The number of amides is 1. The average Bonchev–Trinajstić information content (AvgIpc) is 2.74. The van der Waals surface area contributed by atoms with Crippen LogP contribution in [0.5, 0.6) is 11.5 Å². The zero-order valence-electron chi connectivity index (χ0n) is 15.8. The highest BCUT2D eigenvalue weighted by atomic mass is 16.6. The SMILES string of the molecule is CC(=O)c1ccc(Nc2cc(C(=O)Nc3ccc4c(c3)OCCO4)ccn2)cc1. The van der Waals surface area contributed by atoms with Gasteiger partial charge in [0.1, 0.15) is 19.0 Å². The first kappa shape index (κ1) is 18.5. The quantitative estimate of drug-likeness (QED) is 0.640. The molecule has 7 heteroatoms. The van der Waals surface area contributed by atoms with Gasteiger partial charge in [0.15, 0.2) is 17.3 Å². The number of benzene rings is 2. The first-order valence-electron chi connectivity index (χ1n) is 9.13. The minimum Gasteiger partial charge on any atom is -0.486 e. The molecule has 2 aromatic carbocycles. The summed E-state index contributed by atoms with van der Waals surface area (Å²) >= 11 is 0. The maximum atomic E-state index is 12.6. The van der Waals surface area contributed by atoms with Gasteiger partial charge in [-0.2, -0.15) is 0 Å². The lowest BCUT2D eigenvalue weighted by molar-refractivity contribution is 0.101. The van der Waals surface area contributed by atoms with Crippen molar-refractivity contribution in [1.82, 2.24) is 4.98 Å². The van der Waals surface area contributed by atoms with Gasteiger partial charge in [0, 0.05) is 34.8 Å². The van der Waals surface area contributed by atoms with E-state index in [4.69, 9.17) is 9.47 Å². The molecule has 0 saturated carbocycles. The van der Waals surface area contributed by atoms with Crippen LogP contribution >= 0.6 is 0 Å². The molecule has 0 fully saturated rings. The van der Waals surface area contributed by atoms with E-state index in [0.717, 1.165) is 5.69 Å². The number of Topliss-reactive ketones (excluding diaryl/α,β-unsaturated/α-hetero) is 1. The molecule has 0 bridgehead atoms. The maximum absolute atomic E-state index is 12.6. The van der Waals surface area contributed by atoms with Crippen LogP contribution in [0, 0.1) is 0 Å². The minimum absolute atomic E-state index is 0.00693. The average molecular weight is 389 g/mol. The van der Waals surface area contributed by atoms with Gasteiger partial charge >= 0.3 is 0 Å². The number of pyridine rings is 1. The fourth-order valence-electron chi connectivity index (χ4n) is 2.90. The van der Waals surface area contributed by atoms with Gasteiger partial charge in [0.25, 0.3) is 5.91 Å². The lowest BCUT2D eigenvalue weighted by atomic mass is 10.1. The third-order valence-corrected chi connectivity index (χ3v) is 4.39. The predicted octanol–water partition coefficient (Wildman–Crippen LogP) is 4.05. The van der Waals surface area contributed by atoms with Gasteiger partial charge in [-0.3, -0.25) is 9.59 Å². The summed E-state index contributed by atoms with van der Waals surface area (Å²) < 4.78 is 11.0. The molecule has 1 aromatic heterocycles. The van der Waals surface area contributed by atoms with Crippen LogP contribution in [0.1, 0.15) is 27.6 Å². The molecule has 7 nitrogen and oxygen atoms in total. The fourth-order valence-corrected chi connectivity index (χ4v) is 2.90. The van der Waals surface area contributed by atoms with Crippen molar-refractivity contribution in [2.24, 2.45) is 0 Å². The summed E-state index contributed by atoms with van der Waals surface area (Å²) in [6.07, 6.45) is 1.56. The summed E-state index contributed by atoms with van der Waals surface area (Å²) in [6.45, 7) is 2.52. The zero-order chi connectivity index (χ0) is 20.2. The van der Waals surface area contributed by atoms with Crippen LogP contribution in [0.3, 0.4) is 0 Å². The molecule has 4 rings (SSSR count). The zero-order valence-corrected chi connectivity index (χ0v) is 15.8. The van der Waals surface area contributed by atoms with Crippen LogP contribution in [0.25, 0.3) is 0 Å². The summed E-state index contributed by atoms with van der Waals surface area (Å²) in [7, 11) is 0. The van der Waals surface area contributed by atoms with E-state index in [1.165, 1.54) is 6.92 Å². The summed E-state index contributed by atoms with van der Waals surface area (Å²) in [5.41, 5.74) is 2.48. The van der Waals surface area contributed by atoms with E-state index in [1.54, 1.807) is 60.8 Å². The molecule has 0 aliphatic carbocycles. The molecule has 146 valence electrons. The molecule has 0 spiro atoms. The number of carbonyl (C=O) groups excluding carboxylic acids is 2. The summed E-state index contributed by atoms with van der Waals surface area (Å²) in [6, 6.07) is 15.6. The lowest BCUT2D eigenvalue weighted by Crippen LogP contribution is -2.16. The van der Waals surface area contributed by atoms with Crippen molar-refractivity contribution in [2.75, 3.05) is 23.8 Å². The third-order valence-electron chi connectivity index (χ3n) is 4.39. The highest BCUT2D eigenvalue weighted by Gasteiger charge is 2.14. The second-order valence-electron chi connectivity index (χ2n) is 6.50.